The summed E-state index contributed by atoms with van der Waals surface area (Å²) in [4.78, 5) is 16.5. The Morgan fingerprint density at radius 1 is 1.35 bits per heavy atom. The van der Waals surface area contributed by atoms with Gasteiger partial charge in [-0.15, -0.1) is 0 Å². The molecule has 148 valence electrons. The summed E-state index contributed by atoms with van der Waals surface area (Å²) >= 11 is 3.27. The van der Waals surface area contributed by atoms with Crippen molar-refractivity contribution in [1.82, 2.24) is 4.98 Å². The number of aromatic nitrogens is 1. The van der Waals surface area contributed by atoms with Crippen molar-refractivity contribution in [2.45, 2.75) is 77.1 Å². The van der Waals surface area contributed by atoms with Crippen molar-refractivity contribution in [2.75, 3.05) is 11.9 Å². The number of hydrogen-bond acceptors (Lipinski definition) is 4. The molecule has 1 unspecified atom stereocenters. The molecule has 1 amide bonds. The molecule has 1 aromatic heterocycles. The van der Waals surface area contributed by atoms with E-state index in [0.717, 1.165) is 12.8 Å². The highest BCUT2D eigenvalue weighted by Crippen LogP contribution is 2.36. The highest BCUT2D eigenvalue weighted by molar-refractivity contribution is 9.10. The van der Waals surface area contributed by atoms with E-state index < -0.39 is 13.9 Å². The van der Waals surface area contributed by atoms with Gasteiger partial charge in [-0.2, -0.15) is 0 Å². The van der Waals surface area contributed by atoms with E-state index in [1.54, 1.807) is 18.3 Å². The molecular weight excluding hydrogens is 412 g/mol. The Labute approximate surface area is 167 Å². The number of carbonyl (C=O) groups is 1. The summed E-state index contributed by atoms with van der Waals surface area (Å²) in [5.74, 6) is -0.372. The maximum atomic E-state index is 12.5. The maximum Gasteiger partial charge on any atom is 0.256 e. The molecule has 1 atom stereocenters. The van der Waals surface area contributed by atoms with Crippen LogP contribution in [0.4, 0.5) is 5.69 Å². The molecular formula is C19H33BrN2O3Si. The van der Waals surface area contributed by atoms with Gasteiger partial charge in [0.25, 0.3) is 5.91 Å². The van der Waals surface area contributed by atoms with E-state index in [2.05, 4.69) is 60.1 Å². The lowest BCUT2D eigenvalue weighted by atomic mass is 9.92. The zero-order valence-corrected chi connectivity index (χ0v) is 19.4. The molecule has 0 aliphatic heterocycles. The van der Waals surface area contributed by atoms with Crippen LogP contribution in [0.25, 0.3) is 0 Å². The number of nitrogens with zero attached hydrogens (tertiary/aromatic N) is 1. The van der Waals surface area contributed by atoms with Crippen LogP contribution in [0, 0.1) is 0 Å². The normalized spacial score (nSPS) is 14.8. The van der Waals surface area contributed by atoms with Crippen molar-refractivity contribution >= 4 is 35.8 Å². The van der Waals surface area contributed by atoms with Crippen LogP contribution in [0.2, 0.25) is 18.1 Å². The number of amides is 1. The van der Waals surface area contributed by atoms with Crippen LogP contribution in [0.15, 0.2) is 22.9 Å². The van der Waals surface area contributed by atoms with Crippen molar-refractivity contribution in [3.63, 3.8) is 0 Å². The number of carbonyl (C=O) groups excluding carboxylic acids is 1. The molecule has 0 aliphatic rings. The summed E-state index contributed by atoms with van der Waals surface area (Å²) in [7, 11) is -1.74. The van der Waals surface area contributed by atoms with Crippen molar-refractivity contribution in [3.8, 4) is 0 Å². The van der Waals surface area contributed by atoms with E-state index in [-0.39, 0.29) is 10.9 Å². The highest BCUT2D eigenvalue weighted by Gasteiger charge is 2.37. The lowest BCUT2D eigenvalue weighted by Crippen LogP contribution is -2.42. The summed E-state index contributed by atoms with van der Waals surface area (Å²) in [6.07, 6.45) is 3.97. The van der Waals surface area contributed by atoms with E-state index in [1.807, 2.05) is 6.92 Å². The van der Waals surface area contributed by atoms with E-state index in [4.69, 9.17) is 4.43 Å². The van der Waals surface area contributed by atoms with Crippen LogP contribution in [-0.2, 0) is 9.22 Å². The molecule has 0 aromatic carbocycles. The highest BCUT2D eigenvalue weighted by atomic mass is 79.9. The molecule has 0 fully saturated rings. The predicted octanol–water partition coefficient (Wildman–Crippen LogP) is 5.12. The van der Waals surface area contributed by atoms with Crippen molar-refractivity contribution < 1.29 is 14.3 Å². The second-order valence-electron chi connectivity index (χ2n) is 8.27. The SMILES string of the molecule is CCC(O)(CCCCO[Si](C)(C)C(C)(C)C)C(=O)Nc1ccnc(Br)c1. The quantitative estimate of drug-likeness (QED) is 0.315. The Bertz CT molecular complexity index is 605. The molecule has 1 aromatic rings. The number of nitrogens with one attached hydrogen (secondary N) is 1. The number of rotatable bonds is 9. The number of unbranched alkanes of at least 4 members (excludes halogenated alkanes) is 1. The minimum absolute atomic E-state index is 0.190. The minimum atomic E-state index is -1.74. The third-order valence-corrected chi connectivity index (χ3v) is 10.2. The van der Waals surface area contributed by atoms with Gasteiger partial charge in [0, 0.05) is 18.5 Å². The van der Waals surface area contributed by atoms with Crippen molar-refractivity contribution in [3.05, 3.63) is 22.9 Å². The Kier molecular flexibility index (Phi) is 8.45. The van der Waals surface area contributed by atoms with E-state index in [0.29, 0.717) is 29.7 Å². The van der Waals surface area contributed by atoms with Gasteiger partial charge in [0.2, 0.25) is 0 Å². The molecule has 0 bridgehead atoms. The summed E-state index contributed by atoms with van der Waals surface area (Å²) in [5.41, 5.74) is -0.753. The first kappa shape index (κ1) is 23.3. The Hall–Kier alpha value is -0.763. The fraction of sp³-hybridized carbons (Fsp3) is 0.684. The average molecular weight is 445 g/mol. The van der Waals surface area contributed by atoms with Gasteiger partial charge >= 0.3 is 0 Å². The molecule has 1 rings (SSSR count). The maximum absolute atomic E-state index is 12.5. The average Bonchev–Trinajstić information content (AvgIpc) is 2.53. The molecule has 2 N–H and O–H groups in total. The summed E-state index contributed by atoms with van der Waals surface area (Å²) in [6, 6.07) is 3.41. The lowest BCUT2D eigenvalue weighted by molar-refractivity contribution is -0.135. The predicted molar refractivity (Wildman–Crippen MR) is 113 cm³/mol. The third kappa shape index (κ3) is 6.76. The first-order chi connectivity index (χ1) is 11.9. The van der Waals surface area contributed by atoms with Gasteiger partial charge < -0.3 is 14.8 Å². The Morgan fingerprint density at radius 2 is 2.00 bits per heavy atom. The lowest BCUT2D eigenvalue weighted by Gasteiger charge is -2.36. The second kappa shape index (κ2) is 9.44. The number of anilines is 1. The molecule has 26 heavy (non-hydrogen) atoms. The fourth-order valence-corrected chi connectivity index (χ4v) is 3.69. The van der Waals surface area contributed by atoms with Crippen molar-refractivity contribution in [1.29, 1.82) is 0 Å². The molecule has 0 saturated carbocycles. The number of aliphatic hydroxyl groups is 1. The van der Waals surface area contributed by atoms with Crippen LogP contribution < -0.4 is 5.32 Å². The monoisotopic (exact) mass is 444 g/mol. The van der Waals surface area contributed by atoms with Crippen LogP contribution in [0.5, 0.6) is 0 Å². The Balaban J connectivity index is 2.50. The van der Waals surface area contributed by atoms with E-state index in [1.165, 1.54) is 0 Å². The van der Waals surface area contributed by atoms with Crippen LogP contribution in [0.1, 0.15) is 53.4 Å². The standard InChI is InChI=1S/C19H33BrN2O3Si/c1-7-19(24,17(23)22-15-10-12-21-16(20)14-15)11-8-9-13-25-26(5,6)18(2,3)4/h10,12,14,24H,7-9,11,13H2,1-6H3,(H,21,22,23). The van der Waals surface area contributed by atoms with Gasteiger partial charge in [0.15, 0.2) is 8.32 Å². The molecule has 1 heterocycles. The molecule has 5 nitrogen and oxygen atoms in total. The second-order valence-corrected chi connectivity index (χ2v) is 13.9. The van der Waals surface area contributed by atoms with Gasteiger partial charge in [-0.25, -0.2) is 4.98 Å². The fourth-order valence-electron chi connectivity index (χ4n) is 2.24. The third-order valence-electron chi connectivity index (χ3n) is 5.25. The Morgan fingerprint density at radius 3 is 2.54 bits per heavy atom. The van der Waals surface area contributed by atoms with E-state index in [9.17, 15) is 9.90 Å². The molecule has 7 heteroatoms. The first-order valence-electron chi connectivity index (χ1n) is 9.20. The van der Waals surface area contributed by atoms with Crippen LogP contribution in [-0.4, -0.2) is 36.5 Å². The molecule has 0 radical (unpaired) electrons. The van der Waals surface area contributed by atoms with Gasteiger partial charge in [0.05, 0.1) is 0 Å². The van der Waals surface area contributed by atoms with Gasteiger partial charge in [-0.05, 0) is 71.9 Å². The number of pyridine rings is 1. The summed E-state index contributed by atoms with van der Waals surface area (Å²) in [5, 5.41) is 13.7. The van der Waals surface area contributed by atoms with Gasteiger partial charge in [-0.3, -0.25) is 4.79 Å². The van der Waals surface area contributed by atoms with E-state index >= 15 is 0 Å². The van der Waals surface area contributed by atoms with Crippen molar-refractivity contribution in [2.24, 2.45) is 0 Å². The zero-order chi connectivity index (χ0) is 20.0. The number of halogens is 1. The summed E-state index contributed by atoms with van der Waals surface area (Å²) in [6.45, 7) is 13.6. The van der Waals surface area contributed by atoms with Crippen LogP contribution >= 0.6 is 15.9 Å². The first-order valence-corrected chi connectivity index (χ1v) is 12.9. The van der Waals surface area contributed by atoms with Gasteiger partial charge in [0.1, 0.15) is 10.2 Å². The summed E-state index contributed by atoms with van der Waals surface area (Å²) < 4.78 is 6.79. The minimum Gasteiger partial charge on any atom is -0.417 e. The molecule has 0 aliphatic carbocycles. The largest absolute Gasteiger partial charge is 0.417 e. The zero-order valence-electron chi connectivity index (χ0n) is 16.9. The molecule has 0 spiro atoms. The number of hydrogen-bond donors (Lipinski definition) is 2. The molecule has 0 saturated heterocycles. The smallest absolute Gasteiger partial charge is 0.256 e. The topological polar surface area (TPSA) is 71.5 Å². The van der Waals surface area contributed by atoms with Crippen LogP contribution in [0.3, 0.4) is 0 Å². The van der Waals surface area contributed by atoms with Gasteiger partial charge in [-0.1, -0.05) is 27.7 Å².